The lowest BCUT2D eigenvalue weighted by Gasteiger charge is -2.36. The number of hydrogen-bond acceptors (Lipinski definition) is 4. The minimum absolute atomic E-state index is 0. The van der Waals surface area contributed by atoms with Crippen molar-refractivity contribution in [2.75, 3.05) is 45.9 Å². The van der Waals surface area contributed by atoms with E-state index in [4.69, 9.17) is 4.74 Å². The molecular weight excluding hydrogens is 361 g/mol. The molecule has 1 aromatic carbocycles. The Bertz CT molecular complexity index is 514. The van der Waals surface area contributed by atoms with Crippen molar-refractivity contribution in [3.8, 4) is 5.75 Å². The fourth-order valence-electron chi connectivity index (χ4n) is 3.37. The minimum atomic E-state index is 0. The van der Waals surface area contributed by atoms with Crippen LogP contribution in [-0.4, -0.2) is 61.6 Å². The predicted molar refractivity (Wildman–Crippen MR) is 105 cm³/mol. The average Bonchev–Trinajstić information content (AvgIpc) is 3.11. The quantitative estimate of drug-likeness (QED) is 0.837. The molecule has 2 saturated heterocycles. The number of amides is 1. The molecule has 0 radical (unpaired) electrons. The first-order valence-electron chi connectivity index (χ1n) is 8.70. The van der Waals surface area contributed by atoms with Crippen LogP contribution in [0.25, 0.3) is 0 Å². The molecular formula is C18H29Cl2N3O2. The van der Waals surface area contributed by atoms with Crippen LogP contribution < -0.4 is 10.1 Å². The molecule has 1 amide bonds. The Kier molecular flexibility index (Phi) is 9.57. The first-order chi connectivity index (χ1) is 11.3. The van der Waals surface area contributed by atoms with Crippen molar-refractivity contribution in [3.63, 3.8) is 0 Å². The molecule has 142 valence electrons. The second-order valence-electron chi connectivity index (χ2n) is 6.37. The van der Waals surface area contributed by atoms with E-state index < -0.39 is 0 Å². The molecule has 1 atom stereocenters. The van der Waals surface area contributed by atoms with Gasteiger partial charge < -0.3 is 15.0 Å². The van der Waals surface area contributed by atoms with Crippen LogP contribution in [0, 0.1) is 5.92 Å². The van der Waals surface area contributed by atoms with E-state index in [-0.39, 0.29) is 30.7 Å². The minimum Gasteiger partial charge on any atom is -0.494 e. The van der Waals surface area contributed by atoms with Gasteiger partial charge in [-0.3, -0.25) is 9.69 Å². The first-order valence-corrected chi connectivity index (χ1v) is 8.70. The number of ether oxygens (including phenoxy) is 1. The molecule has 1 N–H and O–H groups in total. The number of nitrogens with one attached hydrogen (secondary N) is 1. The van der Waals surface area contributed by atoms with Gasteiger partial charge in [-0.25, -0.2) is 0 Å². The molecule has 0 bridgehead atoms. The fourth-order valence-corrected chi connectivity index (χ4v) is 3.37. The molecule has 2 aliphatic heterocycles. The normalized spacial score (nSPS) is 20.5. The Morgan fingerprint density at radius 3 is 2.40 bits per heavy atom. The standard InChI is InChI=1S/C18H27N3O2.2ClH/c1-2-23-17-5-3-15(4-6-17)14-20-9-11-21(12-10-20)18(22)16-7-8-19-13-16;;/h3-6,16,19H,2,7-14H2,1H3;2*1H. The molecule has 2 heterocycles. The van der Waals surface area contributed by atoms with Crippen LogP contribution in [0.4, 0.5) is 0 Å². The highest BCUT2D eigenvalue weighted by molar-refractivity contribution is 5.85. The van der Waals surface area contributed by atoms with E-state index in [0.717, 1.165) is 58.0 Å². The molecule has 25 heavy (non-hydrogen) atoms. The summed E-state index contributed by atoms with van der Waals surface area (Å²) in [5, 5.41) is 3.28. The predicted octanol–water partition coefficient (Wildman–Crippen LogP) is 2.18. The summed E-state index contributed by atoms with van der Waals surface area (Å²) in [5.74, 6) is 1.47. The van der Waals surface area contributed by atoms with Crippen molar-refractivity contribution in [2.45, 2.75) is 19.9 Å². The van der Waals surface area contributed by atoms with Gasteiger partial charge in [0.1, 0.15) is 5.75 Å². The van der Waals surface area contributed by atoms with E-state index >= 15 is 0 Å². The van der Waals surface area contributed by atoms with Crippen LogP contribution in [0.15, 0.2) is 24.3 Å². The molecule has 0 spiro atoms. The summed E-state index contributed by atoms with van der Waals surface area (Å²) in [6, 6.07) is 8.33. The van der Waals surface area contributed by atoms with Gasteiger partial charge in [0.25, 0.3) is 0 Å². The van der Waals surface area contributed by atoms with E-state index in [2.05, 4.69) is 22.3 Å². The number of benzene rings is 1. The zero-order valence-corrected chi connectivity index (χ0v) is 16.4. The molecule has 2 aliphatic rings. The summed E-state index contributed by atoms with van der Waals surface area (Å²) in [4.78, 5) is 16.9. The Balaban J connectivity index is 0.00000156. The lowest BCUT2D eigenvalue weighted by Crippen LogP contribution is -2.50. The van der Waals surface area contributed by atoms with Gasteiger partial charge >= 0.3 is 0 Å². The van der Waals surface area contributed by atoms with Crippen molar-refractivity contribution in [1.82, 2.24) is 15.1 Å². The van der Waals surface area contributed by atoms with Crippen LogP contribution in [-0.2, 0) is 11.3 Å². The van der Waals surface area contributed by atoms with Crippen LogP contribution in [0.5, 0.6) is 5.75 Å². The Morgan fingerprint density at radius 2 is 1.84 bits per heavy atom. The Hall–Kier alpha value is -1.01. The summed E-state index contributed by atoms with van der Waals surface area (Å²) < 4.78 is 5.48. The molecule has 2 fully saturated rings. The molecule has 5 nitrogen and oxygen atoms in total. The Morgan fingerprint density at radius 1 is 1.16 bits per heavy atom. The second kappa shape index (κ2) is 10.9. The third-order valence-corrected chi connectivity index (χ3v) is 4.73. The summed E-state index contributed by atoms with van der Waals surface area (Å²) in [6.45, 7) is 9.10. The molecule has 0 saturated carbocycles. The van der Waals surface area contributed by atoms with Gasteiger partial charge in [-0.1, -0.05) is 12.1 Å². The van der Waals surface area contributed by atoms with E-state index in [9.17, 15) is 4.79 Å². The second-order valence-corrected chi connectivity index (χ2v) is 6.37. The topological polar surface area (TPSA) is 44.8 Å². The van der Waals surface area contributed by atoms with Gasteiger partial charge in [-0.05, 0) is 37.6 Å². The lowest BCUT2D eigenvalue weighted by atomic mass is 10.1. The van der Waals surface area contributed by atoms with Crippen molar-refractivity contribution in [1.29, 1.82) is 0 Å². The number of halogens is 2. The van der Waals surface area contributed by atoms with Crippen LogP contribution >= 0.6 is 24.8 Å². The molecule has 3 rings (SSSR count). The van der Waals surface area contributed by atoms with E-state index in [1.807, 2.05) is 24.0 Å². The summed E-state index contributed by atoms with van der Waals surface area (Å²) >= 11 is 0. The van der Waals surface area contributed by atoms with Crippen molar-refractivity contribution in [3.05, 3.63) is 29.8 Å². The number of hydrogen-bond donors (Lipinski definition) is 1. The Labute approximate surface area is 162 Å². The SMILES string of the molecule is CCOc1ccc(CN2CCN(C(=O)C3CCNC3)CC2)cc1.Cl.Cl. The third kappa shape index (κ3) is 6.03. The monoisotopic (exact) mass is 389 g/mol. The van der Waals surface area contributed by atoms with Gasteiger partial charge in [0.2, 0.25) is 5.91 Å². The number of carbonyl (C=O) groups is 1. The van der Waals surface area contributed by atoms with Crippen molar-refractivity contribution in [2.24, 2.45) is 5.92 Å². The lowest BCUT2D eigenvalue weighted by molar-refractivity contribution is -0.136. The summed E-state index contributed by atoms with van der Waals surface area (Å²) in [6.07, 6.45) is 0.991. The number of nitrogens with zero attached hydrogens (tertiary/aromatic N) is 2. The highest BCUT2D eigenvalue weighted by atomic mass is 35.5. The highest BCUT2D eigenvalue weighted by Gasteiger charge is 2.29. The molecule has 1 unspecified atom stereocenters. The number of piperazine rings is 1. The zero-order chi connectivity index (χ0) is 16.1. The van der Waals surface area contributed by atoms with Crippen LogP contribution in [0.1, 0.15) is 18.9 Å². The molecule has 0 aromatic heterocycles. The fraction of sp³-hybridized carbons (Fsp3) is 0.611. The van der Waals surface area contributed by atoms with Crippen molar-refractivity contribution >= 4 is 30.7 Å². The molecule has 1 aromatic rings. The highest BCUT2D eigenvalue weighted by Crippen LogP contribution is 2.16. The summed E-state index contributed by atoms with van der Waals surface area (Å²) in [5.41, 5.74) is 1.30. The van der Waals surface area contributed by atoms with Gasteiger partial charge in [-0.2, -0.15) is 0 Å². The number of rotatable bonds is 5. The van der Waals surface area contributed by atoms with Gasteiger partial charge in [0.15, 0.2) is 0 Å². The smallest absolute Gasteiger partial charge is 0.227 e. The largest absolute Gasteiger partial charge is 0.494 e. The van der Waals surface area contributed by atoms with Gasteiger partial charge in [0.05, 0.1) is 12.5 Å². The third-order valence-electron chi connectivity index (χ3n) is 4.73. The maximum absolute atomic E-state index is 12.4. The average molecular weight is 390 g/mol. The number of carbonyl (C=O) groups excluding carboxylic acids is 1. The zero-order valence-electron chi connectivity index (χ0n) is 14.8. The van der Waals surface area contributed by atoms with Gasteiger partial charge in [-0.15, -0.1) is 24.8 Å². The van der Waals surface area contributed by atoms with E-state index in [1.165, 1.54) is 5.56 Å². The van der Waals surface area contributed by atoms with Crippen molar-refractivity contribution < 1.29 is 9.53 Å². The van der Waals surface area contributed by atoms with E-state index in [1.54, 1.807) is 0 Å². The van der Waals surface area contributed by atoms with E-state index in [0.29, 0.717) is 12.5 Å². The van der Waals surface area contributed by atoms with Crippen LogP contribution in [0.2, 0.25) is 0 Å². The maximum Gasteiger partial charge on any atom is 0.227 e. The molecule has 0 aliphatic carbocycles. The maximum atomic E-state index is 12.4. The van der Waals surface area contributed by atoms with Gasteiger partial charge in [0, 0.05) is 39.3 Å². The van der Waals surface area contributed by atoms with Crippen LogP contribution in [0.3, 0.4) is 0 Å². The molecule has 7 heteroatoms. The summed E-state index contributed by atoms with van der Waals surface area (Å²) in [7, 11) is 0. The first kappa shape index (κ1) is 22.0.